The van der Waals surface area contributed by atoms with E-state index in [0.29, 0.717) is 22.8 Å². The zero-order chi connectivity index (χ0) is 27.8. The summed E-state index contributed by atoms with van der Waals surface area (Å²) in [6, 6.07) is 12.9. The summed E-state index contributed by atoms with van der Waals surface area (Å²) in [6.45, 7) is 0. The molecule has 9 nitrogen and oxygen atoms in total. The second kappa shape index (κ2) is 12.5. The molecule has 9 heteroatoms. The summed E-state index contributed by atoms with van der Waals surface area (Å²) in [5, 5.41) is 0. The molecule has 0 N–H and O–H groups in total. The molecule has 0 fully saturated rings. The van der Waals surface area contributed by atoms with Gasteiger partial charge < -0.3 is 33.2 Å². The van der Waals surface area contributed by atoms with Crippen molar-refractivity contribution in [3.05, 3.63) is 70.8 Å². The lowest BCUT2D eigenvalue weighted by Crippen LogP contribution is -2.15. The van der Waals surface area contributed by atoms with Gasteiger partial charge in [-0.25, -0.2) is 0 Å². The van der Waals surface area contributed by atoms with E-state index in [1.807, 2.05) is 0 Å². The highest BCUT2D eigenvalue weighted by Gasteiger charge is 2.27. The topological polar surface area (TPSA) is 98.8 Å². The molecule has 0 atom stereocenters. The smallest absolute Gasteiger partial charge is 0.203 e. The van der Waals surface area contributed by atoms with Crippen LogP contribution in [-0.2, 0) is 0 Å². The Labute approximate surface area is 221 Å². The van der Waals surface area contributed by atoms with Crippen LogP contribution in [0.15, 0.2) is 54.1 Å². The molecule has 3 rings (SSSR count). The number of ether oxygens (including phenoxy) is 7. The Morgan fingerprint density at radius 2 is 0.895 bits per heavy atom. The lowest BCUT2D eigenvalue weighted by atomic mass is 9.93. The summed E-state index contributed by atoms with van der Waals surface area (Å²) in [4.78, 5) is 27.8. The van der Waals surface area contributed by atoms with Gasteiger partial charge in [-0.2, -0.15) is 0 Å². The van der Waals surface area contributed by atoms with Gasteiger partial charge in [-0.1, -0.05) is 12.1 Å². The first-order chi connectivity index (χ1) is 18.3. The highest BCUT2D eigenvalue weighted by atomic mass is 16.5. The Morgan fingerprint density at radius 3 is 1.18 bits per heavy atom. The van der Waals surface area contributed by atoms with Crippen molar-refractivity contribution < 1.29 is 42.7 Å². The van der Waals surface area contributed by atoms with Crippen LogP contribution in [0.2, 0.25) is 0 Å². The number of Topliss-reactive ketones (excluding diaryl/α,β-unsaturated/α-hetero) is 2. The minimum atomic E-state index is -0.557. The fourth-order valence-electron chi connectivity index (χ4n) is 3.84. The van der Waals surface area contributed by atoms with Gasteiger partial charge in [-0.15, -0.1) is 0 Å². The summed E-state index contributed by atoms with van der Waals surface area (Å²) in [5.41, 5.74) is 0.834. The summed E-state index contributed by atoms with van der Waals surface area (Å²) in [6.07, 6.45) is 1.51. The molecule has 0 aliphatic heterocycles. The highest BCUT2D eigenvalue weighted by Crippen LogP contribution is 2.41. The first-order valence-corrected chi connectivity index (χ1v) is 11.4. The minimum absolute atomic E-state index is 0.112. The standard InChI is InChI=1S/C29H30O9/c1-32-20-10-8-17(9-11-20)12-21(26(30)18-13-22(33-2)28(37-6)23(14-18)34-3)27(31)19-15-24(35-4)29(38-7)25(16-19)36-5/h8-16H,1-7H3. The van der Waals surface area contributed by atoms with Crippen LogP contribution in [0.25, 0.3) is 6.08 Å². The van der Waals surface area contributed by atoms with E-state index in [-0.39, 0.29) is 39.7 Å². The summed E-state index contributed by atoms with van der Waals surface area (Å²) >= 11 is 0. The third kappa shape index (κ3) is 5.67. The summed E-state index contributed by atoms with van der Waals surface area (Å²) < 4.78 is 37.6. The lowest BCUT2D eigenvalue weighted by molar-refractivity contribution is 0.0963. The Bertz CT molecular complexity index is 1210. The van der Waals surface area contributed by atoms with E-state index in [1.165, 1.54) is 73.0 Å². The van der Waals surface area contributed by atoms with E-state index in [9.17, 15) is 9.59 Å². The van der Waals surface area contributed by atoms with Crippen LogP contribution >= 0.6 is 0 Å². The number of rotatable bonds is 12. The number of hydrogen-bond donors (Lipinski definition) is 0. The Morgan fingerprint density at radius 1 is 0.526 bits per heavy atom. The third-order valence-corrected chi connectivity index (χ3v) is 5.77. The molecule has 0 aromatic heterocycles. The van der Waals surface area contributed by atoms with Crippen LogP contribution in [0.3, 0.4) is 0 Å². The Hall–Kier alpha value is -4.66. The second-order valence-corrected chi connectivity index (χ2v) is 7.82. The van der Waals surface area contributed by atoms with Crippen LogP contribution in [0.1, 0.15) is 26.3 Å². The average Bonchev–Trinajstić information content (AvgIpc) is 2.97. The average molecular weight is 523 g/mol. The van der Waals surface area contributed by atoms with Crippen LogP contribution < -0.4 is 33.2 Å². The van der Waals surface area contributed by atoms with Crippen molar-refractivity contribution >= 4 is 17.6 Å². The number of methoxy groups -OCH3 is 7. The molecule has 0 bridgehead atoms. The molecular formula is C29H30O9. The van der Waals surface area contributed by atoms with Crippen molar-refractivity contribution in [2.75, 3.05) is 49.8 Å². The van der Waals surface area contributed by atoms with Crippen molar-refractivity contribution in [3.8, 4) is 40.2 Å². The maximum absolute atomic E-state index is 13.9. The van der Waals surface area contributed by atoms with Crippen LogP contribution in [0, 0.1) is 0 Å². The lowest BCUT2D eigenvalue weighted by Gasteiger charge is -2.16. The van der Waals surface area contributed by atoms with Crippen LogP contribution in [-0.4, -0.2) is 61.3 Å². The zero-order valence-corrected chi connectivity index (χ0v) is 22.4. The van der Waals surface area contributed by atoms with Gasteiger partial charge >= 0.3 is 0 Å². The molecule has 0 unspecified atom stereocenters. The molecule has 0 amide bonds. The number of carbonyl (C=O) groups is 2. The molecule has 0 radical (unpaired) electrons. The van der Waals surface area contributed by atoms with E-state index >= 15 is 0 Å². The molecular weight excluding hydrogens is 492 g/mol. The van der Waals surface area contributed by atoms with Gasteiger partial charge in [0.1, 0.15) is 5.75 Å². The molecule has 38 heavy (non-hydrogen) atoms. The van der Waals surface area contributed by atoms with E-state index in [1.54, 1.807) is 31.4 Å². The van der Waals surface area contributed by atoms with Crippen molar-refractivity contribution in [2.24, 2.45) is 0 Å². The molecule has 0 saturated heterocycles. The maximum Gasteiger partial charge on any atom is 0.203 e. The SMILES string of the molecule is COc1ccc(C=C(C(=O)c2cc(OC)c(OC)c(OC)c2)C(=O)c2cc(OC)c(OC)c(OC)c2)cc1. The van der Waals surface area contributed by atoms with Crippen molar-refractivity contribution in [3.63, 3.8) is 0 Å². The molecule has 200 valence electrons. The summed E-state index contributed by atoms with van der Waals surface area (Å²) in [7, 11) is 10.3. The highest BCUT2D eigenvalue weighted by molar-refractivity contribution is 6.33. The quantitative estimate of drug-likeness (QED) is 0.142. The monoisotopic (exact) mass is 522 g/mol. The van der Waals surface area contributed by atoms with E-state index in [0.717, 1.165) is 0 Å². The number of ketones is 2. The molecule has 0 saturated carbocycles. The van der Waals surface area contributed by atoms with Gasteiger partial charge in [0.15, 0.2) is 34.6 Å². The van der Waals surface area contributed by atoms with E-state index in [4.69, 9.17) is 33.2 Å². The zero-order valence-electron chi connectivity index (χ0n) is 22.4. The van der Waals surface area contributed by atoms with Gasteiger partial charge in [-0.05, 0) is 48.0 Å². The molecule has 0 spiro atoms. The van der Waals surface area contributed by atoms with Crippen LogP contribution in [0.4, 0.5) is 0 Å². The molecule has 0 aliphatic rings. The van der Waals surface area contributed by atoms with Gasteiger partial charge in [0, 0.05) is 11.1 Å². The number of benzene rings is 3. The predicted octanol–water partition coefficient (Wildman–Crippen LogP) is 4.90. The number of hydrogen-bond acceptors (Lipinski definition) is 9. The molecule has 3 aromatic rings. The van der Waals surface area contributed by atoms with E-state index in [2.05, 4.69) is 0 Å². The first kappa shape index (κ1) is 27.9. The van der Waals surface area contributed by atoms with Crippen molar-refractivity contribution in [1.29, 1.82) is 0 Å². The van der Waals surface area contributed by atoms with Crippen molar-refractivity contribution in [1.82, 2.24) is 0 Å². The minimum Gasteiger partial charge on any atom is -0.497 e. The van der Waals surface area contributed by atoms with Crippen LogP contribution in [0.5, 0.6) is 40.2 Å². The predicted molar refractivity (Wildman–Crippen MR) is 142 cm³/mol. The second-order valence-electron chi connectivity index (χ2n) is 7.82. The maximum atomic E-state index is 13.9. The first-order valence-electron chi connectivity index (χ1n) is 11.4. The van der Waals surface area contributed by atoms with E-state index < -0.39 is 11.6 Å². The molecule has 0 heterocycles. The van der Waals surface area contributed by atoms with Gasteiger partial charge in [0.25, 0.3) is 0 Å². The number of carbonyl (C=O) groups excluding carboxylic acids is 2. The van der Waals surface area contributed by atoms with Gasteiger partial charge in [-0.3, -0.25) is 9.59 Å². The number of allylic oxidation sites excluding steroid dienone is 1. The van der Waals surface area contributed by atoms with Crippen molar-refractivity contribution in [2.45, 2.75) is 0 Å². The van der Waals surface area contributed by atoms with Gasteiger partial charge in [0.05, 0.1) is 55.3 Å². The van der Waals surface area contributed by atoms with Gasteiger partial charge in [0.2, 0.25) is 11.5 Å². The molecule has 0 aliphatic carbocycles. The normalized spacial score (nSPS) is 10.2. The fourth-order valence-corrected chi connectivity index (χ4v) is 3.84. The largest absolute Gasteiger partial charge is 0.497 e. The third-order valence-electron chi connectivity index (χ3n) is 5.77. The Kier molecular flexibility index (Phi) is 9.21. The summed E-state index contributed by atoms with van der Waals surface area (Å²) in [5.74, 6) is 1.27. The molecule has 3 aromatic carbocycles. The Balaban J connectivity index is 2.22. The fraction of sp³-hybridized carbons (Fsp3) is 0.241.